The number of nitrogens with zero attached hydrogens (tertiary/aromatic N) is 1. The molecule has 4 rings (SSSR count). The molecule has 2 aromatic carbocycles. The lowest BCUT2D eigenvalue weighted by atomic mass is 10.1. The summed E-state index contributed by atoms with van der Waals surface area (Å²) in [7, 11) is -3.45. The molecule has 8 heteroatoms. The van der Waals surface area contributed by atoms with Gasteiger partial charge in [0, 0.05) is 17.6 Å². The van der Waals surface area contributed by atoms with Gasteiger partial charge in [0.2, 0.25) is 10.0 Å². The molecule has 2 heterocycles. The van der Waals surface area contributed by atoms with Crippen molar-refractivity contribution in [2.75, 3.05) is 11.9 Å². The van der Waals surface area contributed by atoms with Crippen LogP contribution in [0.4, 0.5) is 5.69 Å². The molecule has 0 aliphatic heterocycles. The Kier molecular flexibility index (Phi) is 6.16. The van der Waals surface area contributed by atoms with Gasteiger partial charge in [0.05, 0.1) is 23.1 Å². The van der Waals surface area contributed by atoms with Gasteiger partial charge in [0.15, 0.2) is 5.76 Å². The number of benzene rings is 2. The molecule has 1 amide bonds. The van der Waals surface area contributed by atoms with Crippen LogP contribution in [0.15, 0.2) is 90.1 Å². The van der Waals surface area contributed by atoms with Crippen molar-refractivity contribution in [2.45, 2.75) is 5.75 Å². The molecule has 0 fully saturated rings. The number of hydrogen-bond donors (Lipinski definition) is 2. The van der Waals surface area contributed by atoms with Crippen molar-refractivity contribution < 1.29 is 17.6 Å². The number of amides is 1. The third-order valence-electron chi connectivity index (χ3n) is 4.75. The van der Waals surface area contributed by atoms with Crippen LogP contribution in [0.25, 0.3) is 22.4 Å². The number of aromatic nitrogens is 1. The molecule has 32 heavy (non-hydrogen) atoms. The number of nitrogens with one attached hydrogen (secondary N) is 2. The molecule has 0 spiro atoms. The van der Waals surface area contributed by atoms with Gasteiger partial charge in [0.25, 0.3) is 5.91 Å². The summed E-state index contributed by atoms with van der Waals surface area (Å²) in [6.07, 6.45) is 3.04. The summed E-state index contributed by atoms with van der Waals surface area (Å²) >= 11 is 0. The number of furan rings is 1. The second-order valence-electron chi connectivity index (χ2n) is 7.10. The summed E-state index contributed by atoms with van der Waals surface area (Å²) in [5.41, 5.74) is 2.86. The number of pyridine rings is 1. The molecule has 0 unspecified atom stereocenters. The summed E-state index contributed by atoms with van der Waals surface area (Å²) in [6.45, 7) is 3.67. The zero-order valence-corrected chi connectivity index (χ0v) is 17.9. The fourth-order valence-electron chi connectivity index (χ4n) is 3.25. The van der Waals surface area contributed by atoms with Gasteiger partial charge in [-0.3, -0.25) is 4.79 Å². The molecular formula is C24H21N3O4S. The summed E-state index contributed by atoms with van der Waals surface area (Å²) in [6, 6.07) is 19.3. The second-order valence-corrected chi connectivity index (χ2v) is 8.90. The molecule has 2 aromatic heterocycles. The van der Waals surface area contributed by atoms with E-state index in [9.17, 15) is 13.2 Å². The van der Waals surface area contributed by atoms with Crippen LogP contribution in [-0.2, 0) is 15.8 Å². The van der Waals surface area contributed by atoms with Crippen LogP contribution in [0, 0.1) is 0 Å². The van der Waals surface area contributed by atoms with Gasteiger partial charge in [-0.15, -0.1) is 6.58 Å². The fourth-order valence-corrected chi connectivity index (χ4v) is 4.36. The highest BCUT2D eigenvalue weighted by Crippen LogP contribution is 2.26. The average molecular weight is 448 g/mol. The molecule has 0 saturated carbocycles. The zero-order chi connectivity index (χ0) is 22.6. The minimum Gasteiger partial charge on any atom is -0.463 e. The van der Waals surface area contributed by atoms with Crippen LogP contribution in [-0.4, -0.2) is 25.9 Å². The van der Waals surface area contributed by atoms with Gasteiger partial charge in [-0.25, -0.2) is 18.1 Å². The topological polar surface area (TPSA) is 101 Å². The summed E-state index contributed by atoms with van der Waals surface area (Å²) in [4.78, 5) is 17.7. The lowest BCUT2D eigenvalue weighted by Gasteiger charge is -2.10. The molecule has 0 atom stereocenters. The van der Waals surface area contributed by atoms with E-state index in [4.69, 9.17) is 4.42 Å². The van der Waals surface area contributed by atoms with E-state index in [1.807, 2.05) is 24.3 Å². The third-order valence-corrected chi connectivity index (χ3v) is 6.07. The largest absolute Gasteiger partial charge is 0.463 e. The number of carbonyl (C=O) groups is 1. The number of carbonyl (C=O) groups excluding carboxylic acids is 1. The molecule has 7 nitrogen and oxygen atoms in total. The maximum Gasteiger partial charge on any atom is 0.256 e. The lowest BCUT2D eigenvalue weighted by molar-refractivity contribution is 0.102. The second kappa shape index (κ2) is 9.17. The Balaban J connectivity index is 1.57. The quantitative estimate of drug-likeness (QED) is 0.391. The number of sulfonamides is 1. The van der Waals surface area contributed by atoms with Gasteiger partial charge in [0.1, 0.15) is 5.69 Å². The van der Waals surface area contributed by atoms with Gasteiger partial charge in [-0.1, -0.05) is 36.4 Å². The van der Waals surface area contributed by atoms with Gasteiger partial charge < -0.3 is 9.73 Å². The summed E-state index contributed by atoms with van der Waals surface area (Å²) in [5.74, 6) is 0.112. The highest BCUT2D eigenvalue weighted by atomic mass is 32.2. The van der Waals surface area contributed by atoms with E-state index in [-0.39, 0.29) is 18.2 Å². The molecule has 0 bridgehead atoms. The number of rotatable bonds is 8. The number of anilines is 1. The van der Waals surface area contributed by atoms with E-state index in [1.165, 1.54) is 6.08 Å². The van der Waals surface area contributed by atoms with Gasteiger partial charge >= 0.3 is 0 Å². The van der Waals surface area contributed by atoms with Crippen LogP contribution < -0.4 is 10.0 Å². The lowest BCUT2D eigenvalue weighted by Crippen LogP contribution is -2.25. The molecule has 162 valence electrons. The van der Waals surface area contributed by atoms with Crippen molar-refractivity contribution >= 4 is 32.5 Å². The predicted octanol–water partition coefficient (Wildman–Crippen LogP) is 4.35. The number of hydrogen-bond acceptors (Lipinski definition) is 5. The Labute approximate surface area is 185 Å². The van der Waals surface area contributed by atoms with Crippen LogP contribution in [0.2, 0.25) is 0 Å². The van der Waals surface area contributed by atoms with E-state index in [2.05, 4.69) is 21.6 Å². The van der Waals surface area contributed by atoms with Crippen molar-refractivity contribution in [1.82, 2.24) is 9.71 Å². The molecule has 4 aromatic rings. The monoisotopic (exact) mass is 447 g/mol. The molecule has 0 aliphatic rings. The summed E-state index contributed by atoms with van der Waals surface area (Å²) in [5, 5.41) is 3.59. The van der Waals surface area contributed by atoms with E-state index in [0.717, 1.165) is 5.39 Å². The Morgan fingerprint density at radius 2 is 1.84 bits per heavy atom. The number of para-hydroxylation sites is 1. The molecule has 2 N–H and O–H groups in total. The van der Waals surface area contributed by atoms with Crippen molar-refractivity contribution in [3.63, 3.8) is 0 Å². The highest BCUT2D eigenvalue weighted by molar-refractivity contribution is 7.88. The molecule has 0 aliphatic carbocycles. The molecule has 0 saturated heterocycles. The van der Waals surface area contributed by atoms with E-state index in [1.54, 1.807) is 48.7 Å². The van der Waals surface area contributed by atoms with Crippen molar-refractivity contribution in [1.29, 1.82) is 0 Å². The maximum absolute atomic E-state index is 13.1. The predicted molar refractivity (Wildman–Crippen MR) is 125 cm³/mol. The number of fused-ring (bicyclic) bond motifs is 1. The Morgan fingerprint density at radius 3 is 2.56 bits per heavy atom. The van der Waals surface area contributed by atoms with Crippen LogP contribution in [0.5, 0.6) is 0 Å². The fraction of sp³-hybridized carbons (Fsp3) is 0.0833. The van der Waals surface area contributed by atoms with Crippen molar-refractivity contribution in [2.24, 2.45) is 0 Å². The smallest absolute Gasteiger partial charge is 0.256 e. The summed E-state index contributed by atoms with van der Waals surface area (Å²) < 4.78 is 31.9. The normalized spacial score (nSPS) is 11.4. The average Bonchev–Trinajstić information content (AvgIpc) is 3.33. The zero-order valence-electron chi connectivity index (χ0n) is 17.1. The van der Waals surface area contributed by atoms with Crippen molar-refractivity contribution in [3.8, 4) is 11.5 Å². The van der Waals surface area contributed by atoms with Crippen molar-refractivity contribution in [3.05, 3.63) is 96.8 Å². The van der Waals surface area contributed by atoms with E-state index in [0.29, 0.717) is 33.8 Å². The van der Waals surface area contributed by atoms with Crippen LogP contribution in [0.3, 0.4) is 0 Å². The first-order valence-corrected chi connectivity index (χ1v) is 11.5. The first-order valence-electron chi connectivity index (χ1n) is 9.87. The molecular weight excluding hydrogens is 426 g/mol. The van der Waals surface area contributed by atoms with Crippen LogP contribution >= 0.6 is 0 Å². The standard InChI is InChI=1S/C24H21N3O4S/c1-2-13-25-32(29,30)16-17-9-11-18(12-10-17)26-24(28)20-15-22(23-8-5-14-31-23)27-21-7-4-3-6-19(20)21/h2-12,14-15,25H,1,13,16H2,(H,26,28). The highest BCUT2D eigenvalue weighted by Gasteiger charge is 2.16. The first-order chi connectivity index (χ1) is 15.4. The SMILES string of the molecule is C=CCNS(=O)(=O)Cc1ccc(NC(=O)c2cc(-c3ccco3)nc3ccccc23)cc1. The minimum absolute atomic E-state index is 0.156. The van der Waals surface area contributed by atoms with Gasteiger partial charge in [-0.05, 0) is 42.0 Å². The molecule has 0 radical (unpaired) electrons. The maximum atomic E-state index is 13.1. The van der Waals surface area contributed by atoms with E-state index >= 15 is 0 Å². The van der Waals surface area contributed by atoms with E-state index < -0.39 is 10.0 Å². The van der Waals surface area contributed by atoms with Gasteiger partial charge in [-0.2, -0.15) is 0 Å². The van der Waals surface area contributed by atoms with Crippen LogP contribution in [0.1, 0.15) is 15.9 Å². The third kappa shape index (κ3) is 4.93. The minimum atomic E-state index is -3.45. The Hall–Kier alpha value is -3.75. The first kappa shape index (κ1) is 21.5. The Bertz CT molecular complexity index is 1360. The Morgan fingerprint density at radius 1 is 1.06 bits per heavy atom.